The molecule has 4 nitrogen and oxygen atoms in total. The second-order valence-corrected chi connectivity index (χ2v) is 14.2. The number of allylic oxidation sites excluding steroid dienone is 1. The first kappa shape index (κ1) is 26.1. The predicted molar refractivity (Wildman–Crippen MR) is 136 cm³/mol. The first-order valence-electron chi connectivity index (χ1n) is 13.5. The summed E-state index contributed by atoms with van der Waals surface area (Å²) in [6, 6.07) is 0. The van der Waals surface area contributed by atoms with Crippen LogP contribution in [0.3, 0.4) is 0 Å². The van der Waals surface area contributed by atoms with E-state index in [0.29, 0.717) is 18.6 Å². The number of hydrogen-bond acceptors (Lipinski definition) is 4. The van der Waals surface area contributed by atoms with E-state index < -0.39 is 16.6 Å². The van der Waals surface area contributed by atoms with Crippen LogP contribution in [0.4, 0.5) is 0 Å². The monoisotopic (exact) mass is 472 g/mol. The Hall–Kier alpha value is -0.970. The summed E-state index contributed by atoms with van der Waals surface area (Å²) in [5, 5.41) is 32.5. The van der Waals surface area contributed by atoms with Crippen LogP contribution in [0.25, 0.3) is 0 Å². The fourth-order valence-electron chi connectivity index (χ4n) is 9.15. The van der Waals surface area contributed by atoms with E-state index in [-0.39, 0.29) is 40.1 Å². The Labute approximate surface area is 206 Å². The minimum absolute atomic E-state index is 0.0277. The van der Waals surface area contributed by atoms with Gasteiger partial charge in [0.2, 0.25) is 0 Å². The number of hydrogen-bond donors (Lipinski definition) is 3. The fraction of sp³-hybridized carbons (Fsp3) is 0.833. The first-order valence-corrected chi connectivity index (χ1v) is 13.5. The summed E-state index contributed by atoms with van der Waals surface area (Å²) in [4.78, 5) is 14.2. The Kier molecular flexibility index (Phi) is 5.96. The average molecular weight is 473 g/mol. The van der Waals surface area contributed by atoms with Crippen LogP contribution < -0.4 is 0 Å². The first-order chi connectivity index (χ1) is 15.4. The van der Waals surface area contributed by atoms with E-state index in [9.17, 15) is 20.1 Å². The molecule has 0 heterocycles. The molecule has 3 fully saturated rings. The molecule has 4 aliphatic carbocycles. The standard InChI is InChI=1S/C30H48O4/c1-25(2,33)15-9-16-29(7,34)21-14-17-27(5)22-12-10-19-20(11-13-23(31)26(19,3)4)30(22,8)24(32)18-28(21,27)6/h9-10,15,20-23,31,33-34H,11-14,16-18H2,1-8H3/b15-9+/t20-,21+,22+,23?,27+,28-,29+,30+/m1/s1. The third-order valence-electron chi connectivity index (χ3n) is 11.4. The normalized spacial score (nSPS) is 45.9. The van der Waals surface area contributed by atoms with Gasteiger partial charge in [-0.25, -0.2) is 0 Å². The molecule has 0 aromatic heterocycles. The van der Waals surface area contributed by atoms with Crippen LogP contribution in [-0.2, 0) is 4.79 Å². The third kappa shape index (κ3) is 3.53. The molecule has 0 spiro atoms. The minimum atomic E-state index is -0.936. The Balaban J connectivity index is 1.71. The van der Waals surface area contributed by atoms with Crippen molar-refractivity contribution in [3.63, 3.8) is 0 Å². The van der Waals surface area contributed by atoms with Gasteiger partial charge in [0.1, 0.15) is 5.78 Å². The molecule has 0 aromatic rings. The van der Waals surface area contributed by atoms with Crippen molar-refractivity contribution in [3.8, 4) is 0 Å². The summed E-state index contributed by atoms with van der Waals surface area (Å²) in [6.07, 6.45) is 11.1. The molecule has 0 aromatic carbocycles. The number of ketones is 1. The van der Waals surface area contributed by atoms with E-state index in [1.54, 1.807) is 19.9 Å². The summed E-state index contributed by atoms with van der Waals surface area (Å²) in [5.74, 6) is 0.835. The Morgan fingerprint density at radius 1 is 1.03 bits per heavy atom. The van der Waals surface area contributed by atoms with E-state index in [0.717, 1.165) is 32.1 Å². The van der Waals surface area contributed by atoms with Gasteiger partial charge < -0.3 is 15.3 Å². The van der Waals surface area contributed by atoms with Gasteiger partial charge >= 0.3 is 0 Å². The minimum Gasteiger partial charge on any atom is -0.392 e. The summed E-state index contributed by atoms with van der Waals surface area (Å²) < 4.78 is 0. The lowest BCUT2D eigenvalue weighted by atomic mass is 9.38. The predicted octanol–water partition coefficient (Wildman–Crippen LogP) is 5.60. The molecule has 0 bridgehead atoms. The van der Waals surface area contributed by atoms with Gasteiger partial charge in [0.25, 0.3) is 0 Å². The molecule has 0 radical (unpaired) electrons. The zero-order chi connectivity index (χ0) is 25.5. The van der Waals surface area contributed by atoms with E-state index in [1.165, 1.54) is 5.57 Å². The number of aliphatic hydroxyl groups is 3. The smallest absolute Gasteiger partial charge is 0.140 e. The second kappa shape index (κ2) is 7.76. The highest BCUT2D eigenvalue weighted by Crippen LogP contribution is 2.74. The number of aliphatic hydroxyl groups excluding tert-OH is 1. The quantitative estimate of drug-likeness (QED) is 0.466. The van der Waals surface area contributed by atoms with Gasteiger partial charge in [-0.2, -0.15) is 0 Å². The SMILES string of the molecule is CC(C)(O)/C=C/C[C@](C)(O)[C@H]1CC[C@@]2(C)[C@@H]3CC=C4[C@@H](CCC(O)C4(C)C)[C@]3(C)C(=O)C[C@]12C. The zero-order valence-corrected chi connectivity index (χ0v) is 22.7. The highest BCUT2D eigenvalue weighted by molar-refractivity contribution is 5.88. The van der Waals surface area contributed by atoms with Crippen molar-refractivity contribution in [3.05, 3.63) is 23.8 Å². The van der Waals surface area contributed by atoms with Gasteiger partial charge in [-0.3, -0.25) is 4.79 Å². The second-order valence-electron chi connectivity index (χ2n) is 14.2. The summed E-state index contributed by atoms with van der Waals surface area (Å²) in [5.41, 5.74) is -1.54. The lowest BCUT2D eigenvalue weighted by Gasteiger charge is -2.65. The summed E-state index contributed by atoms with van der Waals surface area (Å²) in [7, 11) is 0. The molecule has 4 rings (SSSR count). The van der Waals surface area contributed by atoms with Crippen LogP contribution in [0.5, 0.6) is 0 Å². The molecule has 1 unspecified atom stereocenters. The van der Waals surface area contributed by atoms with Crippen molar-refractivity contribution < 1.29 is 20.1 Å². The van der Waals surface area contributed by atoms with Crippen LogP contribution >= 0.6 is 0 Å². The van der Waals surface area contributed by atoms with E-state index in [4.69, 9.17) is 0 Å². The van der Waals surface area contributed by atoms with Crippen molar-refractivity contribution >= 4 is 5.78 Å². The highest BCUT2D eigenvalue weighted by Gasteiger charge is 2.71. The maximum atomic E-state index is 14.2. The van der Waals surface area contributed by atoms with Crippen LogP contribution in [0.15, 0.2) is 23.8 Å². The largest absolute Gasteiger partial charge is 0.392 e. The molecular weight excluding hydrogens is 424 g/mol. The molecule has 0 saturated heterocycles. The molecule has 3 saturated carbocycles. The zero-order valence-electron chi connectivity index (χ0n) is 22.7. The van der Waals surface area contributed by atoms with Gasteiger partial charge in [0.15, 0.2) is 0 Å². The van der Waals surface area contributed by atoms with Crippen LogP contribution in [0.2, 0.25) is 0 Å². The fourth-order valence-corrected chi connectivity index (χ4v) is 9.15. The molecule has 4 aliphatic rings. The van der Waals surface area contributed by atoms with Gasteiger partial charge in [-0.15, -0.1) is 0 Å². The lowest BCUT2D eigenvalue weighted by molar-refractivity contribution is -0.179. The topological polar surface area (TPSA) is 77.8 Å². The van der Waals surface area contributed by atoms with Crippen molar-refractivity contribution in [2.24, 2.45) is 39.4 Å². The Bertz CT molecular complexity index is 905. The number of carbonyl (C=O) groups excluding carboxylic acids is 1. The number of fused-ring (bicyclic) bond motifs is 5. The van der Waals surface area contributed by atoms with Crippen molar-refractivity contribution in [2.45, 2.75) is 118 Å². The van der Waals surface area contributed by atoms with Crippen LogP contribution in [0, 0.1) is 39.4 Å². The van der Waals surface area contributed by atoms with E-state index in [1.807, 2.05) is 13.0 Å². The third-order valence-corrected chi connectivity index (χ3v) is 11.4. The molecule has 0 aliphatic heterocycles. The highest BCUT2D eigenvalue weighted by atomic mass is 16.3. The molecule has 34 heavy (non-hydrogen) atoms. The number of Topliss-reactive ketones (excluding diaryl/α,β-unsaturated/α-hetero) is 1. The maximum absolute atomic E-state index is 14.2. The van der Waals surface area contributed by atoms with Crippen molar-refractivity contribution in [1.29, 1.82) is 0 Å². The van der Waals surface area contributed by atoms with Gasteiger partial charge in [0, 0.05) is 17.3 Å². The number of rotatable bonds is 4. The van der Waals surface area contributed by atoms with E-state index >= 15 is 0 Å². The summed E-state index contributed by atoms with van der Waals surface area (Å²) in [6.45, 7) is 16.6. The number of carbonyl (C=O) groups is 1. The molecule has 3 N–H and O–H groups in total. The Morgan fingerprint density at radius 2 is 1.68 bits per heavy atom. The van der Waals surface area contributed by atoms with E-state index in [2.05, 4.69) is 40.7 Å². The van der Waals surface area contributed by atoms with Crippen LogP contribution in [0.1, 0.15) is 100 Å². The lowest BCUT2D eigenvalue weighted by Crippen LogP contribution is -2.64. The Morgan fingerprint density at radius 3 is 2.29 bits per heavy atom. The summed E-state index contributed by atoms with van der Waals surface area (Å²) >= 11 is 0. The van der Waals surface area contributed by atoms with Gasteiger partial charge in [-0.05, 0) is 87.9 Å². The van der Waals surface area contributed by atoms with Crippen LogP contribution in [-0.4, -0.2) is 38.4 Å². The van der Waals surface area contributed by atoms with Gasteiger partial charge in [-0.1, -0.05) is 58.4 Å². The average Bonchev–Trinajstić information content (AvgIpc) is 2.96. The molecular formula is C30H48O4. The molecule has 4 heteroatoms. The van der Waals surface area contributed by atoms with Gasteiger partial charge in [0.05, 0.1) is 17.3 Å². The molecule has 8 atom stereocenters. The molecule has 0 amide bonds. The van der Waals surface area contributed by atoms with Crippen molar-refractivity contribution in [2.75, 3.05) is 0 Å². The molecule has 192 valence electrons. The maximum Gasteiger partial charge on any atom is 0.140 e. The van der Waals surface area contributed by atoms with Crippen molar-refractivity contribution in [1.82, 2.24) is 0 Å².